The molecule has 0 radical (unpaired) electrons. The summed E-state index contributed by atoms with van der Waals surface area (Å²) in [6.45, 7) is 0. The zero-order valence-corrected chi connectivity index (χ0v) is 11.5. The van der Waals surface area contributed by atoms with Crippen molar-refractivity contribution in [2.75, 3.05) is 6.26 Å². The van der Waals surface area contributed by atoms with Crippen LogP contribution in [0.2, 0.25) is 0 Å². The van der Waals surface area contributed by atoms with Crippen molar-refractivity contribution in [2.45, 2.75) is 4.90 Å². The first-order valence-electron chi connectivity index (χ1n) is 5.69. The molecule has 0 N–H and O–H groups in total. The van der Waals surface area contributed by atoms with Gasteiger partial charge in [0, 0.05) is 17.9 Å². The Balaban J connectivity index is 2.44. The Labute approximate surface area is 119 Å². The van der Waals surface area contributed by atoms with E-state index in [0.29, 0.717) is 6.07 Å². The summed E-state index contributed by atoms with van der Waals surface area (Å²) in [6.07, 6.45) is 0.999. The number of carbonyl (C=O) groups excluding carboxylic acids is 1. The van der Waals surface area contributed by atoms with Gasteiger partial charge < -0.3 is 0 Å². The van der Waals surface area contributed by atoms with Crippen molar-refractivity contribution in [3.05, 3.63) is 65.0 Å². The minimum absolute atomic E-state index is 0.00944. The molecule has 0 heterocycles. The van der Waals surface area contributed by atoms with Crippen LogP contribution in [0.15, 0.2) is 41.3 Å². The van der Waals surface area contributed by atoms with Crippen LogP contribution >= 0.6 is 0 Å². The van der Waals surface area contributed by atoms with Crippen LogP contribution in [0, 0.1) is 17.5 Å². The second kappa shape index (κ2) is 5.33. The van der Waals surface area contributed by atoms with Gasteiger partial charge in [-0.05, 0) is 30.3 Å². The Morgan fingerprint density at radius 3 is 1.95 bits per heavy atom. The molecule has 0 amide bonds. The lowest BCUT2D eigenvalue weighted by atomic mass is 10.0. The zero-order chi connectivity index (χ0) is 15.8. The summed E-state index contributed by atoms with van der Waals surface area (Å²) >= 11 is 0. The molecule has 0 unspecified atom stereocenters. The number of hydrogen-bond acceptors (Lipinski definition) is 3. The van der Waals surface area contributed by atoms with Crippen LogP contribution in [0.3, 0.4) is 0 Å². The molecule has 0 saturated heterocycles. The molecule has 2 rings (SSSR count). The van der Waals surface area contributed by atoms with E-state index in [0.717, 1.165) is 6.26 Å². The summed E-state index contributed by atoms with van der Waals surface area (Å²) in [5, 5.41) is 0. The van der Waals surface area contributed by atoms with Crippen molar-refractivity contribution in [3.8, 4) is 0 Å². The third-order valence-corrected chi connectivity index (χ3v) is 3.93. The van der Waals surface area contributed by atoms with Crippen molar-refractivity contribution >= 4 is 15.6 Å². The third-order valence-electron chi connectivity index (χ3n) is 2.80. The van der Waals surface area contributed by atoms with Gasteiger partial charge in [0.05, 0.1) is 10.5 Å². The Morgan fingerprint density at radius 2 is 1.43 bits per heavy atom. The Hall–Kier alpha value is -2.15. The van der Waals surface area contributed by atoms with Crippen LogP contribution in [-0.2, 0) is 9.84 Å². The van der Waals surface area contributed by atoms with Gasteiger partial charge in [-0.3, -0.25) is 4.79 Å². The summed E-state index contributed by atoms with van der Waals surface area (Å²) in [7, 11) is -3.43. The summed E-state index contributed by atoms with van der Waals surface area (Å²) < 4.78 is 62.0. The number of carbonyl (C=O) groups is 1. The number of ketones is 1. The molecule has 7 heteroatoms. The van der Waals surface area contributed by atoms with Crippen molar-refractivity contribution in [1.29, 1.82) is 0 Å². The highest BCUT2D eigenvalue weighted by atomic mass is 32.2. The molecule has 0 aliphatic heterocycles. The minimum Gasteiger partial charge on any atom is -0.288 e. The van der Waals surface area contributed by atoms with Crippen LogP contribution in [0.25, 0.3) is 0 Å². The van der Waals surface area contributed by atoms with Gasteiger partial charge in [-0.15, -0.1) is 0 Å². The molecule has 0 bridgehead atoms. The molecule has 0 atom stereocenters. The maximum atomic E-state index is 13.5. The van der Waals surface area contributed by atoms with Crippen molar-refractivity contribution in [2.24, 2.45) is 0 Å². The first-order chi connectivity index (χ1) is 9.70. The van der Waals surface area contributed by atoms with Crippen LogP contribution in [0.4, 0.5) is 13.2 Å². The summed E-state index contributed by atoms with van der Waals surface area (Å²) in [6, 6.07) is 5.48. The zero-order valence-electron chi connectivity index (χ0n) is 10.7. The Bertz CT molecular complexity index is 812. The van der Waals surface area contributed by atoms with E-state index in [9.17, 15) is 26.4 Å². The smallest absolute Gasteiger partial charge is 0.196 e. The van der Waals surface area contributed by atoms with Gasteiger partial charge >= 0.3 is 0 Å². The van der Waals surface area contributed by atoms with E-state index in [-0.39, 0.29) is 16.5 Å². The number of halogens is 3. The van der Waals surface area contributed by atoms with Crippen LogP contribution in [-0.4, -0.2) is 20.5 Å². The number of rotatable bonds is 3. The van der Waals surface area contributed by atoms with E-state index in [1.54, 1.807) is 0 Å². The molecule has 0 saturated carbocycles. The van der Waals surface area contributed by atoms with E-state index in [4.69, 9.17) is 0 Å². The molecule has 21 heavy (non-hydrogen) atoms. The van der Waals surface area contributed by atoms with E-state index in [1.165, 1.54) is 24.3 Å². The SMILES string of the molecule is CS(=O)(=O)c1ccc(C(=O)c2cc(F)c(F)cc2F)cc1. The first-order valence-corrected chi connectivity index (χ1v) is 7.58. The van der Waals surface area contributed by atoms with Crippen molar-refractivity contribution < 1.29 is 26.4 Å². The fourth-order valence-electron chi connectivity index (χ4n) is 1.71. The predicted molar refractivity (Wildman–Crippen MR) is 69.3 cm³/mol. The second-order valence-electron chi connectivity index (χ2n) is 4.37. The van der Waals surface area contributed by atoms with Gasteiger partial charge in [-0.2, -0.15) is 0 Å². The summed E-state index contributed by atoms with van der Waals surface area (Å²) in [5.41, 5.74) is -0.659. The van der Waals surface area contributed by atoms with Crippen molar-refractivity contribution in [1.82, 2.24) is 0 Å². The number of hydrogen-bond donors (Lipinski definition) is 0. The maximum absolute atomic E-state index is 13.5. The van der Waals surface area contributed by atoms with Gasteiger partial charge in [0.25, 0.3) is 0 Å². The quantitative estimate of drug-likeness (QED) is 0.646. The van der Waals surface area contributed by atoms with Gasteiger partial charge in [0.15, 0.2) is 27.3 Å². The molecule has 0 aliphatic carbocycles. The normalized spacial score (nSPS) is 11.4. The lowest BCUT2D eigenvalue weighted by molar-refractivity contribution is 0.103. The van der Waals surface area contributed by atoms with Gasteiger partial charge in [-0.1, -0.05) is 0 Å². The van der Waals surface area contributed by atoms with Crippen molar-refractivity contribution in [3.63, 3.8) is 0 Å². The van der Waals surface area contributed by atoms with Gasteiger partial charge in [-0.25, -0.2) is 21.6 Å². The molecule has 2 aromatic rings. The molecule has 0 spiro atoms. The largest absolute Gasteiger partial charge is 0.288 e. The second-order valence-corrected chi connectivity index (χ2v) is 6.39. The molecule has 0 aromatic heterocycles. The fourth-order valence-corrected chi connectivity index (χ4v) is 2.34. The average molecular weight is 314 g/mol. The molecule has 2 aromatic carbocycles. The third kappa shape index (κ3) is 3.13. The van der Waals surface area contributed by atoms with Gasteiger partial charge in [0.2, 0.25) is 0 Å². The predicted octanol–water partition coefficient (Wildman–Crippen LogP) is 2.74. The van der Waals surface area contributed by atoms with E-state index in [1.807, 2.05) is 0 Å². The van der Waals surface area contributed by atoms with Gasteiger partial charge in [0.1, 0.15) is 5.82 Å². The highest BCUT2D eigenvalue weighted by Gasteiger charge is 2.18. The maximum Gasteiger partial charge on any atom is 0.196 e. The van der Waals surface area contributed by atoms with Crippen LogP contribution in [0.5, 0.6) is 0 Å². The van der Waals surface area contributed by atoms with Crippen LogP contribution in [0.1, 0.15) is 15.9 Å². The minimum atomic E-state index is -3.43. The molecular formula is C14H9F3O3S. The molecule has 3 nitrogen and oxygen atoms in total. The Kier molecular flexibility index (Phi) is 3.87. The summed E-state index contributed by atoms with van der Waals surface area (Å²) in [5.74, 6) is -4.79. The average Bonchev–Trinajstić information content (AvgIpc) is 2.41. The molecule has 0 aliphatic rings. The monoisotopic (exact) mass is 314 g/mol. The van der Waals surface area contributed by atoms with E-state index in [2.05, 4.69) is 0 Å². The number of sulfone groups is 1. The molecule has 0 fully saturated rings. The summed E-state index contributed by atoms with van der Waals surface area (Å²) in [4.78, 5) is 12.0. The topological polar surface area (TPSA) is 51.2 Å². The van der Waals surface area contributed by atoms with Crippen LogP contribution < -0.4 is 0 Å². The fraction of sp³-hybridized carbons (Fsp3) is 0.0714. The molecule has 110 valence electrons. The highest BCUT2D eigenvalue weighted by Crippen LogP contribution is 2.19. The highest BCUT2D eigenvalue weighted by molar-refractivity contribution is 7.90. The standard InChI is InChI=1S/C14H9F3O3S/c1-21(19,20)9-4-2-8(3-5-9)14(18)10-6-12(16)13(17)7-11(10)15/h2-7H,1H3. The molecular weight excluding hydrogens is 305 g/mol. The first kappa shape index (κ1) is 15.2. The van der Waals surface area contributed by atoms with E-state index < -0.39 is 38.6 Å². The lowest BCUT2D eigenvalue weighted by Crippen LogP contribution is -2.07. The van der Waals surface area contributed by atoms with E-state index >= 15 is 0 Å². The number of benzene rings is 2. The lowest BCUT2D eigenvalue weighted by Gasteiger charge is -2.05. The Morgan fingerprint density at radius 1 is 0.905 bits per heavy atom.